The normalized spacial score (nSPS) is 11.1. The lowest BCUT2D eigenvalue weighted by Gasteiger charge is -2.12. The molecule has 33 heavy (non-hydrogen) atoms. The Labute approximate surface area is 204 Å². The number of imidazole rings is 1. The van der Waals surface area contributed by atoms with Crippen LogP contribution in [0.2, 0.25) is 10.0 Å². The molecule has 0 aliphatic carbocycles. The molecule has 1 heterocycles. The van der Waals surface area contributed by atoms with Crippen LogP contribution in [-0.4, -0.2) is 22.0 Å². The molecular formula is C27H27Cl2N3O. The van der Waals surface area contributed by atoms with Crippen LogP contribution in [0.1, 0.15) is 46.6 Å². The SMILES string of the molecule is Cc1ccc(C(=O)NCCCCCc2nc3ccccc3n2Cc2c(Cl)cccc2Cl)cc1. The Balaban J connectivity index is 1.35. The molecule has 0 atom stereocenters. The summed E-state index contributed by atoms with van der Waals surface area (Å²) in [6, 6.07) is 21.4. The van der Waals surface area contributed by atoms with E-state index in [9.17, 15) is 4.79 Å². The molecule has 4 rings (SSSR count). The van der Waals surface area contributed by atoms with Crippen molar-refractivity contribution in [2.45, 2.75) is 39.2 Å². The molecular weight excluding hydrogens is 453 g/mol. The topological polar surface area (TPSA) is 46.9 Å². The highest BCUT2D eigenvalue weighted by Crippen LogP contribution is 2.28. The number of carbonyl (C=O) groups is 1. The quantitative estimate of drug-likeness (QED) is 0.267. The van der Waals surface area contributed by atoms with Crippen molar-refractivity contribution in [2.24, 2.45) is 0 Å². The molecule has 0 aliphatic rings. The molecule has 3 aromatic carbocycles. The van der Waals surface area contributed by atoms with Gasteiger partial charge in [0.25, 0.3) is 5.91 Å². The van der Waals surface area contributed by atoms with Gasteiger partial charge in [-0.15, -0.1) is 0 Å². The molecule has 0 spiro atoms. The number of rotatable bonds is 9. The van der Waals surface area contributed by atoms with Gasteiger partial charge in [0.1, 0.15) is 5.82 Å². The third-order valence-corrected chi connectivity index (χ3v) is 6.50. The van der Waals surface area contributed by atoms with Crippen LogP contribution in [0, 0.1) is 6.92 Å². The second kappa shape index (κ2) is 10.9. The number of amides is 1. The lowest BCUT2D eigenvalue weighted by atomic mass is 10.1. The Morgan fingerprint density at radius 1 is 0.909 bits per heavy atom. The Bertz CT molecular complexity index is 1230. The minimum atomic E-state index is -0.0200. The predicted octanol–water partition coefficient (Wildman–Crippen LogP) is 6.84. The maximum Gasteiger partial charge on any atom is 0.251 e. The van der Waals surface area contributed by atoms with Gasteiger partial charge in [0, 0.05) is 34.1 Å². The fourth-order valence-electron chi connectivity index (χ4n) is 3.93. The molecule has 4 aromatic rings. The number of nitrogens with one attached hydrogen (secondary N) is 1. The van der Waals surface area contributed by atoms with Crippen LogP contribution < -0.4 is 5.32 Å². The van der Waals surface area contributed by atoms with E-state index >= 15 is 0 Å². The van der Waals surface area contributed by atoms with Crippen molar-refractivity contribution in [1.29, 1.82) is 0 Å². The van der Waals surface area contributed by atoms with Crippen molar-refractivity contribution in [3.8, 4) is 0 Å². The standard InChI is InChI=1S/C27H27Cl2N3O/c1-19-13-15-20(16-14-19)27(33)30-17-6-2-3-12-26-31-24-10-4-5-11-25(24)32(26)18-21-22(28)8-7-9-23(21)29/h4-5,7-11,13-16H,2-3,6,12,17-18H2,1H3,(H,30,33). The molecule has 170 valence electrons. The highest BCUT2D eigenvalue weighted by atomic mass is 35.5. The Morgan fingerprint density at radius 2 is 1.64 bits per heavy atom. The smallest absolute Gasteiger partial charge is 0.251 e. The number of hydrogen-bond acceptors (Lipinski definition) is 2. The molecule has 0 aliphatic heterocycles. The summed E-state index contributed by atoms with van der Waals surface area (Å²) in [4.78, 5) is 17.1. The average Bonchev–Trinajstić information content (AvgIpc) is 3.16. The minimum Gasteiger partial charge on any atom is -0.352 e. The minimum absolute atomic E-state index is 0.0200. The molecule has 1 aromatic heterocycles. The molecule has 0 saturated heterocycles. The first kappa shape index (κ1) is 23.3. The highest BCUT2D eigenvalue weighted by molar-refractivity contribution is 6.36. The molecule has 0 fully saturated rings. The van der Waals surface area contributed by atoms with Crippen molar-refractivity contribution in [1.82, 2.24) is 14.9 Å². The number of para-hydroxylation sites is 2. The molecule has 0 bridgehead atoms. The molecule has 0 unspecified atom stereocenters. The summed E-state index contributed by atoms with van der Waals surface area (Å²) in [6.45, 7) is 3.26. The predicted molar refractivity (Wildman–Crippen MR) is 136 cm³/mol. The number of fused-ring (bicyclic) bond motifs is 1. The Morgan fingerprint density at radius 3 is 2.39 bits per heavy atom. The van der Waals surface area contributed by atoms with Gasteiger partial charge >= 0.3 is 0 Å². The van der Waals surface area contributed by atoms with E-state index in [2.05, 4.69) is 16.0 Å². The number of unbranched alkanes of at least 4 members (excludes halogenated alkanes) is 2. The van der Waals surface area contributed by atoms with Crippen molar-refractivity contribution < 1.29 is 4.79 Å². The van der Waals surface area contributed by atoms with Crippen molar-refractivity contribution in [3.63, 3.8) is 0 Å². The molecule has 4 nitrogen and oxygen atoms in total. The maximum atomic E-state index is 12.2. The lowest BCUT2D eigenvalue weighted by Crippen LogP contribution is -2.24. The Hall–Kier alpha value is -2.82. The van der Waals surface area contributed by atoms with Crippen LogP contribution in [0.4, 0.5) is 0 Å². The molecule has 1 N–H and O–H groups in total. The largest absolute Gasteiger partial charge is 0.352 e. The number of halogens is 2. The summed E-state index contributed by atoms with van der Waals surface area (Å²) >= 11 is 12.9. The van der Waals surface area contributed by atoms with Gasteiger partial charge in [-0.25, -0.2) is 4.98 Å². The number of hydrogen-bond donors (Lipinski definition) is 1. The van der Waals surface area contributed by atoms with E-state index in [1.54, 1.807) is 0 Å². The Kier molecular flexibility index (Phi) is 7.69. The zero-order valence-electron chi connectivity index (χ0n) is 18.7. The second-order valence-corrected chi connectivity index (χ2v) is 9.05. The van der Waals surface area contributed by atoms with Gasteiger partial charge in [-0.1, -0.05) is 65.5 Å². The molecule has 0 radical (unpaired) electrons. The van der Waals surface area contributed by atoms with E-state index in [0.717, 1.165) is 53.7 Å². The number of aromatic nitrogens is 2. The summed E-state index contributed by atoms with van der Waals surface area (Å²) < 4.78 is 2.21. The van der Waals surface area contributed by atoms with Crippen molar-refractivity contribution in [3.05, 3.63) is 99.3 Å². The summed E-state index contributed by atoms with van der Waals surface area (Å²) in [5, 5.41) is 4.33. The number of nitrogens with zero attached hydrogens (tertiary/aromatic N) is 2. The first-order valence-corrected chi connectivity index (χ1v) is 12.0. The zero-order valence-corrected chi connectivity index (χ0v) is 20.2. The second-order valence-electron chi connectivity index (χ2n) is 8.24. The van der Waals surface area contributed by atoms with Gasteiger partial charge in [0.05, 0.1) is 17.6 Å². The third kappa shape index (κ3) is 5.76. The monoisotopic (exact) mass is 479 g/mol. The number of benzene rings is 3. The number of carbonyl (C=O) groups excluding carboxylic acids is 1. The fraction of sp³-hybridized carbons (Fsp3) is 0.259. The van der Waals surface area contributed by atoms with Gasteiger partial charge in [-0.2, -0.15) is 0 Å². The van der Waals surface area contributed by atoms with Crippen LogP contribution in [0.15, 0.2) is 66.7 Å². The van der Waals surface area contributed by atoms with Crippen LogP contribution in [0.25, 0.3) is 11.0 Å². The van der Waals surface area contributed by atoms with Crippen LogP contribution >= 0.6 is 23.2 Å². The summed E-state index contributed by atoms with van der Waals surface area (Å²) in [5.41, 5.74) is 4.81. The summed E-state index contributed by atoms with van der Waals surface area (Å²) in [7, 11) is 0. The summed E-state index contributed by atoms with van der Waals surface area (Å²) in [6.07, 6.45) is 3.76. The molecule has 6 heteroatoms. The fourth-order valence-corrected chi connectivity index (χ4v) is 4.44. The van der Waals surface area contributed by atoms with Crippen LogP contribution in [-0.2, 0) is 13.0 Å². The van der Waals surface area contributed by atoms with Crippen LogP contribution in [0.5, 0.6) is 0 Å². The maximum absolute atomic E-state index is 12.2. The molecule has 1 amide bonds. The van der Waals surface area contributed by atoms with Crippen LogP contribution in [0.3, 0.4) is 0 Å². The van der Waals surface area contributed by atoms with E-state index < -0.39 is 0 Å². The third-order valence-electron chi connectivity index (χ3n) is 5.79. The van der Waals surface area contributed by atoms with Gasteiger partial charge in [0.15, 0.2) is 0 Å². The van der Waals surface area contributed by atoms with E-state index in [0.29, 0.717) is 28.7 Å². The van der Waals surface area contributed by atoms with Gasteiger partial charge in [0.2, 0.25) is 0 Å². The highest BCUT2D eigenvalue weighted by Gasteiger charge is 2.14. The molecule has 0 saturated carbocycles. The van der Waals surface area contributed by atoms with Gasteiger partial charge in [-0.05, 0) is 56.2 Å². The van der Waals surface area contributed by atoms with Crippen molar-refractivity contribution >= 4 is 40.1 Å². The van der Waals surface area contributed by atoms with E-state index in [-0.39, 0.29) is 5.91 Å². The van der Waals surface area contributed by atoms with E-state index in [1.807, 2.05) is 67.6 Å². The first-order valence-electron chi connectivity index (χ1n) is 11.2. The van der Waals surface area contributed by atoms with E-state index in [1.165, 1.54) is 0 Å². The van der Waals surface area contributed by atoms with Crippen molar-refractivity contribution in [2.75, 3.05) is 6.54 Å². The first-order chi connectivity index (χ1) is 16.0. The summed E-state index contributed by atoms with van der Waals surface area (Å²) in [5.74, 6) is 1.00. The van der Waals surface area contributed by atoms with E-state index in [4.69, 9.17) is 28.2 Å². The zero-order chi connectivity index (χ0) is 23.2. The van der Waals surface area contributed by atoms with Gasteiger partial charge < -0.3 is 9.88 Å². The lowest BCUT2D eigenvalue weighted by molar-refractivity contribution is 0.0953. The van der Waals surface area contributed by atoms with Gasteiger partial charge in [-0.3, -0.25) is 4.79 Å². The average molecular weight is 480 g/mol. The number of aryl methyl sites for hydroxylation is 2.